The molecule has 0 aliphatic carbocycles. The summed E-state index contributed by atoms with van der Waals surface area (Å²) in [6, 6.07) is 21.5. The zero-order valence-electron chi connectivity index (χ0n) is 12.2. The Balaban J connectivity index is 1.82. The fraction of sp³-hybridized carbons (Fsp3) is 0.0556. The molecule has 4 heteroatoms. The van der Waals surface area contributed by atoms with Crippen LogP contribution in [0.5, 0.6) is 0 Å². The number of benzene rings is 2. The average Bonchev–Trinajstić information content (AvgIpc) is 3.02. The highest BCUT2D eigenvalue weighted by Gasteiger charge is 2.09. The van der Waals surface area contributed by atoms with E-state index in [4.69, 9.17) is 0 Å². The first-order valence-corrected chi connectivity index (χ1v) is 8.10. The second kappa shape index (κ2) is 6.64. The van der Waals surface area contributed by atoms with Crippen LogP contribution in [0.3, 0.4) is 0 Å². The van der Waals surface area contributed by atoms with Gasteiger partial charge in [0.1, 0.15) is 17.6 Å². The van der Waals surface area contributed by atoms with Crippen molar-refractivity contribution in [2.75, 3.05) is 0 Å². The molecule has 1 heterocycles. The highest BCUT2D eigenvalue weighted by Crippen LogP contribution is 2.15. The minimum absolute atomic E-state index is 0.708. The molecule has 1 aromatic heterocycles. The number of aromatic nitrogens is 1. The maximum Gasteiger partial charge on any atom is 0.182 e. The van der Waals surface area contributed by atoms with Crippen LogP contribution in [0.2, 0.25) is 0 Å². The maximum absolute atomic E-state index is 12.2. The van der Waals surface area contributed by atoms with E-state index in [9.17, 15) is 4.55 Å². The fourth-order valence-corrected chi connectivity index (χ4v) is 2.83. The second-order valence-electron chi connectivity index (χ2n) is 4.94. The van der Waals surface area contributed by atoms with Gasteiger partial charge in [0.2, 0.25) is 0 Å². The van der Waals surface area contributed by atoms with E-state index in [-0.39, 0.29) is 0 Å². The van der Waals surface area contributed by atoms with E-state index in [1.165, 1.54) is 0 Å². The largest absolute Gasteiger partial charge is 0.586 e. The molecule has 1 atom stereocenters. The van der Waals surface area contributed by atoms with Crippen LogP contribution < -0.4 is 0 Å². The van der Waals surface area contributed by atoms with E-state index in [2.05, 4.69) is 4.40 Å². The van der Waals surface area contributed by atoms with Gasteiger partial charge in [0, 0.05) is 11.9 Å². The van der Waals surface area contributed by atoms with Crippen molar-refractivity contribution in [3.8, 4) is 5.69 Å². The van der Waals surface area contributed by atoms with Crippen molar-refractivity contribution >= 4 is 17.6 Å². The van der Waals surface area contributed by atoms with Crippen LogP contribution in [-0.2, 0) is 11.4 Å². The molecule has 3 aromatic rings. The standard InChI is InChI=1S/C18H16N2OS/c1-15-9-11-18(12-10-15)22(21)19-14-17-8-5-13-20(17)16-6-3-2-4-7-16/h2-14H,1H3. The zero-order valence-corrected chi connectivity index (χ0v) is 13.0. The maximum atomic E-state index is 12.2. The molecule has 110 valence electrons. The van der Waals surface area contributed by atoms with E-state index in [1.807, 2.05) is 84.4 Å². The molecule has 0 spiro atoms. The van der Waals surface area contributed by atoms with Gasteiger partial charge in [0.05, 0.1) is 5.69 Å². The van der Waals surface area contributed by atoms with Crippen LogP contribution in [0, 0.1) is 6.92 Å². The molecular weight excluding hydrogens is 292 g/mol. The lowest BCUT2D eigenvalue weighted by atomic mass is 10.2. The van der Waals surface area contributed by atoms with E-state index in [0.29, 0.717) is 4.90 Å². The molecule has 0 fully saturated rings. The van der Waals surface area contributed by atoms with Gasteiger partial charge in [-0.2, -0.15) is 0 Å². The predicted molar refractivity (Wildman–Crippen MR) is 91.0 cm³/mol. The summed E-state index contributed by atoms with van der Waals surface area (Å²) in [4.78, 5) is 0.708. The Bertz CT molecular complexity index is 763. The van der Waals surface area contributed by atoms with Crippen molar-refractivity contribution in [2.24, 2.45) is 4.40 Å². The van der Waals surface area contributed by atoms with Crippen LogP contribution in [-0.4, -0.2) is 15.3 Å². The smallest absolute Gasteiger partial charge is 0.182 e. The highest BCUT2D eigenvalue weighted by molar-refractivity contribution is 7.90. The molecule has 0 saturated carbocycles. The third-order valence-corrected chi connectivity index (χ3v) is 4.29. The average molecular weight is 308 g/mol. The van der Waals surface area contributed by atoms with Crippen LogP contribution in [0.4, 0.5) is 0 Å². The normalized spacial score (nSPS) is 12.6. The van der Waals surface area contributed by atoms with Gasteiger partial charge in [-0.05, 0) is 43.3 Å². The summed E-state index contributed by atoms with van der Waals surface area (Å²) < 4.78 is 18.4. The first-order chi connectivity index (χ1) is 10.7. The Morgan fingerprint density at radius 2 is 1.68 bits per heavy atom. The van der Waals surface area contributed by atoms with Gasteiger partial charge in [0.15, 0.2) is 4.90 Å². The molecule has 0 amide bonds. The summed E-state index contributed by atoms with van der Waals surface area (Å²) in [7, 11) is 0. The lowest BCUT2D eigenvalue weighted by Gasteiger charge is -2.06. The topological polar surface area (TPSA) is 40.4 Å². The summed E-state index contributed by atoms with van der Waals surface area (Å²) in [5.74, 6) is 0. The molecule has 22 heavy (non-hydrogen) atoms. The number of para-hydroxylation sites is 1. The number of hydrogen-bond acceptors (Lipinski definition) is 2. The summed E-state index contributed by atoms with van der Waals surface area (Å²) in [6.07, 6.45) is 3.62. The van der Waals surface area contributed by atoms with Gasteiger partial charge in [-0.15, -0.1) is 0 Å². The summed E-state index contributed by atoms with van der Waals surface area (Å²) in [5, 5.41) is 0. The highest BCUT2D eigenvalue weighted by atomic mass is 32.2. The van der Waals surface area contributed by atoms with Gasteiger partial charge < -0.3 is 9.12 Å². The predicted octanol–water partition coefficient (Wildman–Crippen LogP) is 3.93. The van der Waals surface area contributed by atoms with Gasteiger partial charge in [0.25, 0.3) is 0 Å². The van der Waals surface area contributed by atoms with Crippen molar-refractivity contribution in [3.63, 3.8) is 0 Å². The SMILES string of the molecule is Cc1ccc([S+]([O-])N=Cc2cccn2-c2ccccc2)cc1. The van der Waals surface area contributed by atoms with Gasteiger partial charge in [-0.3, -0.25) is 0 Å². The van der Waals surface area contributed by atoms with E-state index < -0.39 is 11.4 Å². The third-order valence-electron chi connectivity index (χ3n) is 3.32. The minimum Gasteiger partial charge on any atom is -0.586 e. The summed E-state index contributed by atoms with van der Waals surface area (Å²) >= 11 is -1.38. The van der Waals surface area contributed by atoms with E-state index in [0.717, 1.165) is 16.9 Å². The lowest BCUT2D eigenvalue weighted by Crippen LogP contribution is -2.01. The number of rotatable bonds is 4. The third kappa shape index (κ3) is 3.30. The Labute approximate surface area is 133 Å². The van der Waals surface area contributed by atoms with E-state index in [1.54, 1.807) is 6.21 Å². The second-order valence-corrected chi connectivity index (χ2v) is 6.12. The first kappa shape index (κ1) is 14.6. The molecule has 0 aliphatic heterocycles. The van der Waals surface area contributed by atoms with Crippen LogP contribution in [0.1, 0.15) is 11.3 Å². The number of hydrogen-bond donors (Lipinski definition) is 0. The molecule has 0 N–H and O–H groups in total. The molecule has 2 aromatic carbocycles. The Kier molecular flexibility index (Phi) is 4.42. The van der Waals surface area contributed by atoms with Crippen molar-refractivity contribution < 1.29 is 4.55 Å². The molecule has 3 nitrogen and oxygen atoms in total. The van der Waals surface area contributed by atoms with Gasteiger partial charge >= 0.3 is 0 Å². The van der Waals surface area contributed by atoms with Gasteiger partial charge in [-0.25, -0.2) is 0 Å². The quantitative estimate of drug-likeness (QED) is 0.532. The van der Waals surface area contributed by atoms with Gasteiger partial charge in [-0.1, -0.05) is 40.3 Å². The zero-order chi connectivity index (χ0) is 15.4. The summed E-state index contributed by atoms with van der Waals surface area (Å²) in [5.41, 5.74) is 3.09. The Morgan fingerprint density at radius 3 is 2.41 bits per heavy atom. The molecule has 3 rings (SSSR count). The molecule has 0 bridgehead atoms. The monoisotopic (exact) mass is 308 g/mol. The van der Waals surface area contributed by atoms with Crippen molar-refractivity contribution in [2.45, 2.75) is 11.8 Å². The Hall–Kier alpha value is -2.30. The van der Waals surface area contributed by atoms with Crippen molar-refractivity contribution in [1.29, 1.82) is 0 Å². The number of nitrogens with zero attached hydrogens (tertiary/aromatic N) is 2. The minimum atomic E-state index is -1.38. The molecule has 0 radical (unpaired) electrons. The fourth-order valence-electron chi connectivity index (χ4n) is 2.14. The van der Waals surface area contributed by atoms with Crippen molar-refractivity contribution in [3.05, 3.63) is 84.2 Å². The molecular formula is C18H16N2OS. The van der Waals surface area contributed by atoms with Crippen LogP contribution in [0.25, 0.3) is 5.69 Å². The molecule has 0 aliphatic rings. The first-order valence-electron chi connectivity index (χ1n) is 6.99. The summed E-state index contributed by atoms with van der Waals surface area (Å²) in [6.45, 7) is 2.00. The number of aryl methyl sites for hydroxylation is 1. The molecule has 0 saturated heterocycles. The van der Waals surface area contributed by atoms with Crippen LogP contribution in [0.15, 0.2) is 82.2 Å². The van der Waals surface area contributed by atoms with E-state index >= 15 is 0 Å². The van der Waals surface area contributed by atoms with Crippen molar-refractivity contribution in [1.82, 2.24) is 4.57 Å². The van der Waals surface area contributed by atoms with Crippen LogP contribution >= 0.6 is 0 Å². The lowest BCUT2D eigenvalue weighted by molar-refractivity contribution is 0.597. The Morgan fingerprint density at radius 1 is 0.955 bits per heavy atom. The molecule has 1 unspecified atom stereocenters.